The molecule has 0 aliphatic carbocycles. The molecule has 0 aliphatic rings. The van der Waals surface area contributed by atoms with Crippen molar-refractivity contribution in [2.45, 2.75) is 19.8 Å². The van der Waals surface area contributed by atoms with Gasteiger partial charge in [0.15, 0.2) is 0 Å². The van der Waals surface area contributed by atoms with Crippen molar-refractivity contribution in [3.8, 4) is 44.8 Å². The van der Waals surface area contributed by atoms with Gasteiger partial charge in [0.2, 0.25) is 0 Å². The number of hydrogen-bond donors (Lipinski definition) is 0. The van der Waals surface area contributed by atoms with Gasteiger partial charge in [-0.15, -0.1) is 0 Å². The van der Waals surface area contributed by atoms with Gasteiger partial charge in [-0.1, -0.05) is 189 Å². The van der Waals surface area contributed by atoms with Crippen molar-refractivity contribution >= 4 is 97.9 Å². The number of benzene rings is 13. The molecule has 16 aromatic rings. The predicted molar refractivity (Wildman–Crippen MR) is 330 cm³/mol. The van der Waals surface area contributed by atoms with Gasteiger partial charge in [0.05, 0.1) is 22.1 Å². The summed E-state index contributed by atoms with van der Waals surface area (Å²) in [6, 6.07) is 96.6. The Morgan fingerprint density at radius 3 is 1.49 bits per heavy atom. The van der Waals surface area contributed by atoms with Gasteiger partial charge in [0, 0.05) is 49.6 Å². The van der Waals surface area contributed by atoms with Gasteiger partial charge < -0.3 is 13.6 Å². The number of aryl methyl sites for hydroxylation is 1. The Bertz CT molecular complexity index is 5090. The van der Waals surface area contributed by atoms with Gasteiger partial charge in [-0.3, -0.25) is 0 Å². The second kappa shape index (κ2) is 17.3. The first kappa shape index (κ1) is 44.3. The molecule has 1 unspecified atom stereocenters. The highest BCUT2D eigenvalue weighted by atomic mass is 16.3. The molecule has 0 spiro atoms. The molecule has 1 atom stereocenters. The van der Waals surface area contributed by atoms with Crippen LogP contribution in [0.5, 0.6) is 0 Å². The molecular formula is C75H50N2O. The van der Waals surface area contributed by atoms with Gasteiger partial charge in [-0.05, 0) is 168 Å². The van der Waals surface area contributed by atoms with E-state index in [9.17, 15) is 0 Å². The van der Waals surface area contributed by atoms with E-state index in [4.69, 9.17) is 4.42 Å². The Morgan fingerprint density at radius 2 is 0.769 bits per heavy atom. The number of rotatable bonds is 7. The highest BCUT2D eigenvalue weighted by Gasteiger charge is 2.21. The predicted octanol–water partition coefficient (Wildman–Crippen LogP) is 20.7. The minimum atomic E-state index is 0.180. The van der Waals surface area contributed by atoms with Crippen molar-refractivity contribution in [2.24, 2.45) is 0 Å². The van der Waals surface area contributed by atoms with E-state index < -0.39 is 0 Å². The average molecular weight is 995 g/mol. The molecule has 0 fully saturated rings. The van der Waals surface area contributed by atoms with Crippen molar-refractivity contribution in [2.75, 3.05) is 0 Å². The highest BCUT2D eigenvalue weighted by Crippen LogP contribution is 2.44. The van der Waals surface area contributed by atoms with Gasteiger partial charge in [-0.25, -0.2) is 0 Å². The van der Waals surface area contributed by atoms with Crippen LogP contribution < -0.4 is 0 Å². The topological polar surface area (TPSA) is 23.0 Å². The summed E-state index contributed by atoms with van der Waals surface area (Å²) in [5, 5.41) is 14.7. The zero-order valence-corrected chi connectivity index (χ0v) is 43.2. The number of fused-ring (bicyclic) bond motifs is 15. The first-order valence-corrected chi connectivity index (χ1v) is 27.1. The normalized spacial score (nSPS) is 12.4. The zero-order valence-electron chi connectivity index (χ0n) is 43.2. The van der Waals surface area contributed by atoms with Gasteiger partial charge in [0.1, 0.15) is 11.2 Å². The summed E-state index contributed by atoms with van der Waals surface area (Å²) in [7, 11) is 0. The Kier molecular flexibility index (Phi) is 9.83. The number of aromatic nitrogens is 2. The van der Waals surface area contributed by atoms with Gasteiger partial charge in [0.25, 0.3) is 0 Å². The van der Waals surface area contributed by atoms with E-state index in [2.05, 4.69) is 278 Å². The quantitative estimate of drug-likeness (QED) is 0.146. The van der Waals surface area contributed by atoms with E-state index in [0.717, 1.165) is 44.4 Å². The van der Waals surface area contributed by atoms with E-state index in [1.807, 2.05) is 6.07 Å². The Labute approximate surface area is 451 Å². The van der Waals surface area contributed by atoms with E-state index in [1.165, 1.54) is 115 Å². The molecule has 3 heteroatoms. The van der Waals surface area contributed by atoms with Gasteiger partial charge >= 0.3 is 0 Å². The second-order valence-corrected chi connectivity index (χ2v) is 21.2. The number of nitrogens with zero attached hydrogens (tertiary/aromatic N) is 2. The lowest BCUT2D eigenvalue weighted by molar-refractivity contribution is 0.669. The first-order valence-electron chi connectivity index (χ1n) is 27.1. The molecule has 0 amide bonds. The maximum atomic E-state index is 6.30. The van der Waals surface area contributed by atoms with E-state index in [-0.39, 0.29) is 5.92 Å². The van der Waals surface area contributed by atoms with Crippen LogP contribution in [0.1, 0.15) is 29.5 Å². The van der Waals surface area contributed by atoms with Crippen LogP contribution in [0.2, 0.25) is 0 Å². The smallest absolute Gasteiger partial charge is 0.135 e. The fourth-order valence-corrected chi connectivity index (χ4v) is 13.1. The summed E-state index contributed by atoms with van der Waals surface area (Å²) in [5.74, 6) is 0.180. The summed E-state index contributed by atoms with van der Waals surface area (Å²) in [4.78, 5) is 0. The van der Waals surface area contributed by atoms with E-state index >= 15 is 0 Å². The summed E-state index contributed by atoms with van der Waals surface area (Å²) < 4.78 is 11.2. The molecule has 0 saturated carbocycles. The molecule has 3 heterocycles. The summed E-state index contributed by atoms with van der Waals surface area (Å²) in [6.45, 7) is 4.57. The standard InChI is InChI=1S/C75H50N2O/c1-46-16-6-7-19-55(46)60-34-28-49(40-65(60)47(2)48-17-4-3-5-18-48)50-30-37-71-67(41-50)68-42-51(31-38-72(68)76(71)53-32-36-61-58-22-9-8-20-56(58)57-21-10-11-23-59(57)66(61)44-53)52-29-35-63-62-24-12-14-26-70(62)77(73(63)43-52)54-33-39-75-69(45-54)64-25-13-15-27-74(64)78-75/h3-45,47H,1-2H3. The van der Waals surface area contributed by atoms with Crippen molar-refractivity contribution < 1.29 is 4.42 Å². The molecule has 0 bridgehead atoms. The van der Waals surface area contributed by atoms with Crippen LogP contribution in [0, 0.1) is 6.92 Å². The number of hydrogen-bond acceptors (Lipinski definition) is 1. The lowest BCUT2D eigenvalue weighted by Gasteiger charge is -2.20. The van der Waals surface area contributed by atoms with Crippen molar-refractivity contribution in [3.05, 3.63) is 278 Å². The SMILES string of the molecule is Cc1ccccc1-c1ccc(-c2ccc3c(c2)c2cc(-c4ccc5c6ccccc6n(-c6ccc7oc8ccccc8c7c6)c5c4)ccc2n3-c2ccc3c4ccccc4c4ccccc4c3c2)cc1C(C)c1ccccc1. The van der Waals surface area contributed by atoms with Gasteiger partial charge in [-0.2, -0.15) is 0 Å². The minimum Gasteiger partial charge on any atom is -0.456 e. The summed E-state index contributed by atoms with van der Waals surface area (Å²) in [6.07, 6.45) is 0. The summed E-state index contributed by atoms with van der Waals surface area (Å²) in [5.41, 5.74) is 19.9. The Hall–Kier alpha value is -9.96. The van der Waals surface area contributed by atoms with E-state index in [1.54, 1.807) is 0 Å². The van der Waals surface area contributed by atoms with Crippen molar-refractivity contribution in [1.82, 2.24) is 9.13 Å². The molecule has 366 valence electrons. The van der Waals surface area contributed by atoms with Crippen molar-refractivity contribution in [1.29, 1.82) is 0 Å². The highest BCUT2D eigenvalue weighted by molar-refractivity contribution is 6.26. The Morgan fingerprint density at radius 1 is 0.295 bits per heavy atom. The maximum Gasteiger partial charge on any atom is 0.135 e. The third kappa shape index (κ3) is 6.78. The van der Waals surface area contributed by atoms with Crippen LogP contribution in [0.4, 0.5) is 0 Å². The molecule has 0 radical (unpaired) electrons. The summed E-state index contributed by atoms with van der Waals surface area (Å²) >= 11 is 0. The number of para-hydroxylation sites is 2. The molecule has 3 aromatic heterocycles. The maximum absolute atomic E-state index is 6.30. The Balaban J connectivity index is 0.914. The van der Waals surface area contributed by atoms with Crippen LogP contribution in [0.15, 0.2) is 265 Å². The molecule has 0 N–H and O–H groups in total. The van der Waals surface area contributed by atoms with Crippen LogP contribution in [0.3, 0.4) is 0 Å². The van der Waals surface area contributed by atoms with Crippen LogP contribution in [-0.2, 0) is 0 Å². The van der Waals surface area contributed by atoms with Crippen molar-refractivity contribution in [3.63, 3.8) is 0 Å². The third-order valence-electron chi connectivity index (χ3n) is 17.0. The molecule has 0 saturated heterocycles. The molecule has 3 nitrogen and oxygen atoms in total. The van der Waals surface area contributed by atoms with E-state index in [0.29, 0.717) is 0 Å². The number of furan rings is 1. The fourth-order valence-electron chi connectivity index (χ4n) is 13.1. The molecule has 78 heavy (non-hydrogen) atoms. The van der Waals surface area contributed by atoms with Crippen LogP contribution >= 0.6 is 0 Å². The monoisotopic (exact) mass is 994 g/mol. The second-order valence-electron chi connectivity index (χ2n) is 21.2. The van der Waals surface area contributed by atoms with Crippen LogP contribution in [0.25, 0.3) is 143 Å². The average Bonchev–Trinajstić information content (AvgIpc) is 4.31. The largest absolute Gasteiger partial charge is 0.456 e. The van der Waals surface area contributed by atoms with Crippen LogP contribution in [-0.4, -0.2) is 9.13 Å². The molecule has 16 rings (SSSR count). The molecule has 0 aliphatic heterocycles. The first-order chi connectivity index (χ1) is 38.5. The lowest BCUT2D eigenvalue weighted by Crippen LogP contribution is -2.00. The molecule has 13 aromatic carbocycles. The lowest BCUT2D eigenvalue weighted by atomic mass is 9.84. The third-order valence-corrected chi connectivity index (χ3v) is 17.0. The zero-order chi connectivity index (χ0) is 51.6. The fraction of sp³-hybridized carbons (Fsp3) is 0.0400. The molecular weight excluding hydrogens is 945 g/mol. The minimum absolute atomic E-state index is 0.180.